The van der Waals surface area contributed by atoms with Crippen molar-refractivity contribution in [3.63, 3.8) is 0 Å². The van der Waals surface area contributed by atoms with Crippen molar-refractivity contribution in [2.45, 2.75) is 9.92 Å². The lowest BCUT2D eigenvalue weighted by molar-refractivity contribution is 0.589. The maximum absolute atomic E-state index is 12.9. The van der Waals surface area contributed by atoms with Crippen LogP contribution in [0.4, 0.5) is 5.69 Å². The molecule has 1 fully saturated rings. The second-order valence-electron chi connectivity index (χ2n) is 6.05. The number of sulfone groups is 1. The number of rotatable bonds is 3. The van der Waals surface area contributed by atoms with Gasteiger partial charge in [0.2, 0.25) is 9.84 Å². The van der Waals surface area contributed by atoms with Gasteiger partial charge in [-0.05, 0) is 30.3 Å². The van der Waals surface area contributed by atoms with E-state index in [1.165, 1.54) is 0 Å². The Morgan fingerprint density at radius 3 is 2.40 bits per heavy atom. The molecule has 0 saturated carbocycles. The van der Waals surface area contributed by atoms with E-state index in [1.54, 1.807) is 36.4 Å². The highest BCUT2D eigenvalue weighted by Gasteiger charge is 2.21. The van der Waals surface area contributed by atoms with Crippen LogP contribution in [0.15, 0.2) is 70.6 Å². The first-order chi connectivity index (χ1) is 12.2. The molecule has 2 aromatic carbocycles. The summed E-state index contributed by atoms with van der Waals surface area (Å²) in [5.41, 5.74) is 1.73. The van der Waals surface area contributed by atoms with Gasteiger partial charge in [-0.25, -0.2) is 13.4 Å². The van der Waals surface area contributed by atoms with Crippen molar-refractivity contribution in [3.8, 4) is 0 Å². The summed E-state index contributed by atoms with van der Waals surface area (Å²) < 4.78 is 25.8. The van der Waals surface area contributed by atoms with E-state index in [4.69, 9.17) is 0 Å². The Morgan fingerprint density at radius 1 is 0.880 bits per heavy atom. The Balaban J connectivity index is 1.84. The van der Waals surface area contributed by atoms with Gasteiger partial charge in [-0.3, -0.25) is 0 Å². The molecule has 128 valence electrons. The molecule has 0 unspecified atom stereocenters. The van der Waals surface area contributed by atoms with E-state index in [2.05, 4.69) is 15.2 Å². The lowest BCUT2D eigenvalue weighted by Gasteiger charge is -2.30. The number of nitrogens with zero attached hydrogens (tertiary/aromatic N) is 2. The zero-order valence-corrected chi connectivity index (χ0v) is 14.5. The minimum atomic E-state index is -3.62. The van der Waals surface area contributed by atoms with Crippen LogP contribution in [0.5, 0.6) is 0 Å². The van der Waals surface area contributed by atoms with Gasteiger partial charge in [-0.1, -0.05) is 30.3 Å². The fourth-order valence-corrected chi connectivity index (χ4v) is 4.36. The Kier molecular flexibility index (Phi) is 4.15. The Labute approximate surface area is 147 Å². The van der Waals surface area contributed by atoms with Crippen LogP contribution in [0.3, 0.4) is 0 Å². The van der Waals surface area contributed by atoms with Crippen LogP contribution in [-0.4, -0.2) is 39.6 Å². The largest absolute Gasteiger partial charge is 0.367 e. The topological polar surface area (TPSA) is 62.3 Å². The molecule has 1 N–H and O–H groups in total. The molecule has 0 atom stereocenters. The van der Waals surface area contributed by atoms with Crippen molar-refractivity contribution in [1.82, 2.24) is 10.3 Å². The number of nitrogens with one attached hydrogen (secondary N) is 1. The highest BCUT2D eigenvalue weighted by molar-refractivity contribution is 7.91. The van der Waals surface area contributed by atoms with E-state index in [0.717, 1.165) is 42.8 Å². The van der Waals surface area contributed by atoms with E-state index in [-0.39, 0.29) is 9.92 Å². The number of hydrogen-bond acceptors (Lipinski definition) is 5. The lowest BCUT2D eigenvalue weighted by atomic mass is 10.1. The van der Waals surface area contributed by atoms with Gasteiger partial charge in [0.05, 0.1) is 16.1 Å². The molecule has 1 aliphatic rings. The molecule has 0 amide bonds. The van der Waals surface area contributed by atoms with Gasteiger partial charge < -0.3 is 10.2 Å². The zero-order valence-electron chi connectivity index (χ0n) is 13.7. The predicted molar refractivity (Wildman–Crippen MR) is 98.7 cm³/mol. The molecule has 3 aromatic rings. The van der Waals surface area contributed by atoms with Gasteiger partial charge in [0.15, 0.2) is 5.03 Å². The van der Waals surface area contributed by atoms with Crippen molar-refractivity contribution < 1.29 is 8.42 Å². The number of benzene rings is 2. The zero-order chi connectivity index (χ0) is 17.3. The molecule has 1 saturated heterocycles. The minimum absolute atomic E-state index is 0.0915. The maximum atomic E-state index is 12.9. The van der Waals surface area contributed by atoms with Crippen LogP contribution in [-0.2, 0) is 9.84 Å². The summed E-state index contributed by atoms with van der Waals surface area (Å²) in [4.78, 5) is 7.07. The molecule has 1 aliphatic heterocycles. The van der Waals surface area contributed by atoms with Gasteiger partial charge in [0, 0.05) is 31.6 Å². The molecule has 5 nitrogen and oxygen atoms in total. The summed E-state index contributed by atoms with van der Waals surface area (Å²) in [6.45, 7) is 3.60. The molecule has 0 bridgehead atoms. The quantitative estimate of drug-likeness (QED) is 0.784. The SMILES string of the molecule is O=S(=O)(c1ccccc1)c1ccc2cccc(N3CCNCC3)c2n1. The van der Waals surface area contributed by atoms with Crippen molar-refractivity contribution in [3.05, 3.63) is 60.7 Å². The molecule has 1 aromatic heterocycles. The average Bonchev–Trinajstić information content (AvgIpc) is 2.68. The lowest BCUT2D eigenvalue weighted by Crippen LogP contribution is -2.43. The van der Waals surface area contributed by atoms with Crippen LogP contribution >= 0.6 is 0 Å². The second kappa shape index (κ2) is 6.46. The Bertz CT molecular complexity index is 998. The monoisotopic (exact) mass is 353 g/mol. The van der Waals surface area contributed by atoms with E-state index in [9.17, 15) is 8.42 Å². The summed E-state index contributed by atoms with van der Waals surface area (Å²) in [7, 11) is -3.62. The molecular formula is C19H19N3O2S. The fourth-order valence-electron chi connectivity index (χ4n) is 3.14. The fraction of sp³-hybridized carbons (Fsp3) is 0.211. The Hall–Kier alpha value is -2.44. The summed E-state index contributed by atoms with van der Waals surface area (Å²) in [5.74, 6) is 0. The van der Waals surface area contributed by atoms with Crippen LogP contribution in [0, 0.1) is 0 Å². The second-order valence-corrected chi connectivity index (χ2v) is 7.95. The standard InChI is InChI=1S/C19H19N3O2S/c23-25(24,16-6-2-1-3-7-16)18-10-9-15-5-4-8-17(19(15)21-18)22-13-11-20-12-14-22/h1-10,20H,11-14H2. The van der Waals surface area contributed by atoms with Crippen LogP contribution in [0.2, 0.25) is 0 Å². The first-order valence-corrected chi connectivity index (χ1v) is 9.80. The highest BCUT2D eigenvalue weighted by atomic mass is 32.2. The van der Waals surface area contributed by atoms with E-state index >= 15 is 0 Å². The molecule has 25 heavy (non-hydrogen) atoms. The number of hydrogen-bond donors (Lipinski definition) is 1. The van der Waals surface area contributed by atoms with Crippen LogP contribution in [0.25, 0.3) is 10.9 Å². The van der Waals surface area contributed by atoms with Gasteiger partial charge >= 0.3 is 0 Å². The van der Waals surface area contributed by atoms with Gasteiger partial charge in [-0.2, -0.15) is 0 Å². The van der Waals surface area contributed by atoms with Gasteiger partial charge in [0.25, 0.3) is 0 Å². The van der Waals surface area contributed by atoms with E-state index in [1.807, 2.05) is 24.3 Å². The van der Waals surface area contributed by atoms with Crippen molar-refractivity contribution in [2.75, 3.05) is 31.1 Å². The molecule has 4 rings (SSSR count). The van der Waals surface area contributed by atoms with Crippen LogP contribution in [0.1, 0.15) is 0 Å². The first-order valence-electron chi connectivity index (χ1n) is 8.32. The molecule has 0 spiro atoms. The maximum Gasteiger partial charge on any atom is 0.223 e. The average molecular weight is 353 g/mol. The van der Waals surface area contributed by atoms with Gasteiger partial charge in [0.1, 0.15) is 0 Å². The predicted octanol–water partition coefficient (Wildman–Crippen LogP) is 2.48. The van der Waals surface area contributed by atoms with Crippen molar-refractivity contribution in [1.29, 1.82) is 0 Å². The number of anilines is 1. The Morgan fingerprint density at radius 2 is 1.64 bits per heavy atom. The summed E-state index contributed by atoms with van der Waals surface area (Å²) in [6.07, 6.45) is 0. The molecular weight excluding hydrogens is 334 g/mol. The molecule has 2 heterocycles. The number of piperazine rings is 1. The molecule has 0 aliphatic carbocycles. The van der Waals surface area contributed by atoms with E-state index in [0.29, 0.717) is 0 Å². The summed E-state index contributed by atoms with van der Waals surface area (Å²) in [6, 6.07) is 17.8. The van der Waals surface area contributed by atoms with Gasteiger partial charge in [-0.15, -0.1) is 0 Å². The molecule has 0 radical (unpaired) electrons. The molecule has 6 heteroatoms. The smallest absolute Gasteiger partial charge is 0.223 e. The van der Waals surface area contributed by atoms with Crippen LogP contribution < -0.4 is 10.2 Å². The van der Waals surface area contributed by atoms with E-state index < -0.39 is 9.84 Å². The third kappa shape index (κ3) is 2.99. The first kappa shape index (κ1) is 16.1. The van der Waals surface area contributed by atoms with Crippen molar-refractivity contribution >= 4 is 26.4 Å². The summed E-state index contributed by atoms with van der Waals surface area (Å²) >= 11 is 0. The number of aromatic nitrogens is 1. The third-order valence-corrected chi connectivity index (χ3v) is 6.13. The van der Waals surface area contributed by atoms with Crippen molar-refractivity contribution in [2.24, 2.45) is 0 Å². The number of para-hydroxylation sites is 1. The highest BCUT2D eigenvalue weighted by Crippen LogP contribution is 2.28. The minimum Gasteiger partial charge on any atom is -0.367 e. The third-order valence-electron chi connectivity index (χ3n) is 4.46. The number of pyridine rings is 1. The normalized spacial score (nSPS) is 15.4. The number of fused-ring (bicyclic) bond motifs is 1. The summed E-state index contributed by atoms with van der Waals surface area (Å²) in [5, 5.41) is 4.37.